The van der Waals surface area contributed by atoms with Crippen LogP contribution in [-0.2, 0) is 0 Å². The van der Waals surface area contributed by atoms with Crippen molar-refractivity contribution in [1.82, 2.24) is 5.32 Å². The summed E-state index contributed by atoms with van der Waals surface area (Å²) in [5, 5.41) is 4.10. The Balaban J connectivity index is 2.97. The number of halogens is 1. The molecule has 1 N–H and O–H groups in total. The maximum absolute atomic E-state index is 6.28. The van der Waals surface area contributed by atoms with Gasteiger partial charge in [-0.3, -0.25) is 0 Å². The molecule has 0 aliphatic heterocycles. The van der Waals surface area contributed by atoms with Gasteiger partial charge in [-0.2, -0.15) is 0 Å². The molecule has 16 heavy (non-hydrogen) atoms. The van der Waals surface area contributed by atoms with Crippen LogP contribution in [0.2, 0.25) is 5.02 Å². The van der Waals surface area contributed by atoms with E-state index in [1.807, 2.05) is 19.2 Å². The van der Waals surface area contributed by atoms with Gasteiger partial charge < -0.3 is 5.32 Å². The van der Waals surface area contributed by atoms with Gasteiger partial charge in [-0.15, -0.1) is 0 Å². The molecule has 0 bridgehead atoms. The van der Waals surface area contributed by atoms with Crippen molar-refractivity contribution in [2.45, 2.75) is 33.1 Å². The van der Waals surface area contributed by atoms with Crippen LogP contribution in [0.25, 0.3) is 0 Å². The number of hydrogen-bond acceptors (Lipinski definition) is 1. The Morgan fingerprint density at radius 3 is 2.38 bits per heavy atom. The molecule has 0 radical (unpaired) electrons. The topological polar surface area (TPSA) is 12.0 Å². The molecule has 0 aromatic heterocycles. The van der Waals surface area contributed by atoms with Crippen LogP contribution in [0.4, 0.5) is 0 Å². The Morgan fingerprint density at radius 2 is 1.88 bits per heavy atom. The van der Waals surface area contributed by atoms with Gasteiger partial charge in [0.1, 0.15) is 0 Å². The predicted molar refractivity (Wildman–Crippen MR) is 72.2 cm³/mol. The molecule has 0 amide bonds. The zero-order valence-corrected chi connectivity index (χ0v) is 11.4. The van der Waals surface area contributed by atoms with E-state index in [-0.39, 0.29) is 5.41 Å². The molecule has 90 valence electrons. The molecule has 2 heteroatoms. The van der Waals surface area contributed by atoms with Crippen LogP contribution >= 0.6 is 11.6 Å². The first-order valence-electron chi connectivity index (χ1n) is 5.86. The summed E-state index contributed by atoms with van der Waals surface area (Å²) in [6.07, 6.45) is 1.11. The third-order valence-electron chi connectivity index (χ3n) is 3.01. The molecule has 0 aliphatic carbocycles. The lowest BCUT2D eigenvalue weighted by molar-refractivity contribution is 0.303. The van der Waals surface area contributed by atoms with E-state index in [0.29, 0.717) is 5.92 Å². The average molecular weight is 240 g/mol. The highest BCUT2D eigenvalue weighted by atomic mass is 35.5. The fraction of sp³-hybridized carbons (Fsp3) is 0.571. The molecular formula is C14H22ClN. The van der Waals surface area contributed by atoms with Gasteiger partial charge in [0.2, 0.25) is 0 Å². The number of benzene rings is 1. The number of hydrogen-bond donors (Lipinski definition) is 1. The van der Waals surface area contributed by atoms with Crippen molar-refractivity contribution < 1.29 is 0 Å². The standard InChI is InChI=1S/C14H22ClN/c1-14(2,3)12(9-10-16-4)11-7-5-6-8-13(11)15/h5-8,12,16H,9-10H2,1-4H3. The summed E-state index contributed by atoms with van der Waals surface area (Å²) in [5.41, 5.74) is 1.51. The molecule has 0 heterocycles. The summed E-state index contributed by atoms with van der Waals surface area (Å²) >= 11 is 6.28. The Hall–Kier alpha value is -0.530. The van der Waals surface area contributed by atoms with E-state index in [4.69, 9.17) is 11.6 Å². The maximum Gasteiger partial charge on any atom is 0.0441 e. The van der Waals surface area contributed by atoms with Crippen LogP contribution in [0, 0.1) is 5.41 Å². The van der Waals surface area contributed by atoms with Crippen molar-refractivity contribution >= 4 is 11.6 Å². The predicted octanol–water partition coefficient (Wildman–Crippen LogP) is 4.08. The van der Waals surface area contributed by atoms with Crippen LogP contribution in [0.1, 0.15) is 38.7 Å². The fourth-order valence-electron chi connectivity index (χ4n) is 2.10. The van der Waals surface area contributed by atoms with Crippen molar-refractivity contribution in [1.29, 1.82) is 0 Å². The minimum atomic E-state index is 0.238. The van der Waals surface area contributed by atoms with E-state index < -0.39 is 0 Å². The molecule has 1 aromatic carbocycles. The van der Waals surface area contributed by atoms with Crippen molar-refractivity contribution in [3.8, 4) is 0 Å². The Kier molecular flexibility index (Phi) is 4.82. The zero-order chi connectivity index (χ0) is 12.2. The van der Waals surface area contributed by atoms with Crippen LogP contribution in [0.3, 0.4) is 0 Å². The summed E-state index contributed by atoms with van der Waals surface area (Å²) in [4.78, 5) is 0. The molecular weight excluding hydrogens is 218 g/mol. The molecule has 1 nitrogen and oxygen atoms in total. The van der Waals surface area contributed by atoms with E-state index in [0.717, 1.165) is 18.0 Å². The summed E-state index contributed by atoms with van der Waals surface area (Å²) < 4.78 is 0. The second-order valence-electron chi connectivity index (χ2n) is 5.33. The molecule has 0 fully saturated rings. The van der Waals surface area contributed by atoms with E-state index >= 15 is 0 Å². The van der Waals surface area contributed by atoms with E-state index in [9.17, 15) is 0 Å². The van der Waals surface area contributed by atoms with E-state index in [1.165, 1.54) is 5.56 Å². The molecule has 1 unspecified atom stereocenters. The van der Waals surface area contributed by atoms with Crippen LogP contribution in [-0.4, -0.2) is 13.6 Å². The lowest BCUT2D eigenvalue weighted by Crippen LogP contribution is -2.23. The average Bonchev–Trinajstić information content (AvgIpc) is 2.19. The monoisotopic (exact) mass is 239 g/mol. The number of nitrogens with one attached hydrogen (secondary N) is 1. The van der Waals surface area contributed by atoms with Crippen molar-refractivity contribution in [2.24, 2.45) is 5.41 Å². The second kappa shape index (κ2) is 5.70. The lowest BCUT2D eigenvalue weighted by atomic mass is 9.74. The first-order valence-corrected chi connectivity index (χ1v) is 6.23. The third kappa shape index (κ3) is 3.50. The van der Waals surface area contributed by atoms with Gasteiger partial charge >= 0.3 is 0 Å². The summed E-state index contributed by atoms with van der Waals surface area (Å²) in [6, 6.07) is 8.19. The molecule has 1 atom stereocenters. The van der Waals surface area contributed by atoms with Crippen molar-refractivity contribution in [3.05, 3.63) is 34.9 Å². The molecule has 0 saturated carbocycles. The number of rotatable bonds is 4. The molecule has 0 spiro atoms. The molecule has 0 aliphatic rings. The van der Waals surface area contributed by atoms with Gasteiger partial charge in [0, 0.05) is 5.02 Å². The normalized spacial score (nSPS) is 13.8. The highest BCUT2D eigenvalue weighted by Crippen LogP contribution is 2.40. The first-order chi connectivity index (χ1) is 7.46. The molecule has 1 rings (SSSR count). The first kappa shape index (κ1) is 13.5. The van der Waals surface area contributed by atoms with Gasteiger partial charge in [0.05, 0.1) is 0 Å². The van der Waals surface area contributed by atoms with Gasteiger partial charge in [0.15, 0.2) is 0 Å². The molecule has 1 aromatic rings. The summed E-state index contributed by atoms with van der Waals surface area (Å²) in [6.45, 7) is 7.84. The second-order valence-corrected chi connectivity index (χ2v) is 5.74. The highest BCUT2D eigenvalue weighted by molar-refractivity contribution is 6.31. The van der Waals surface area contributed by atoms with Gasteiger partial charge in [-0.25, -0.2) is 0 Å². The van der Waals surface area contributed by atoms with Gasteiger partial charge in [0.25, 0.3) is 0 Å². The zero-order valence-electron chi connectivity index (χ0n) is 10.7. The Morgan fingerprint density at radius 1 is 1.25 bits per heavy atom. The minimum Gasteiger partial charge on any atom is -0.320 e. The summed E-state index contributed by atoms with van der Waals surface area (Å²) in [5.74, 6) is 0.494. The molecule has 0 saturated heterocycles. The van der Waals surface area contributed by atoms with Crippen molar-refractivity contribution in [2.75, 3.05) is 13.6 Å². The fourth-order valence-corrected chi connectivity index (χ4v) is 2.37. The Labute approximate surface area is 104 Å². The SMILES string of the molecule is CNCCC(c1ccccc1Cl)C(C)(C)C. The third-order valence-corrected chi connectivity index (χ3v) is 3.35. The Bertz CT molecular complexity index is 328. The highest BCUT2D eigenvalue weighted by Gasteiger charge is 2.26. The quantitative estimate of drug-likeness (QED) is 0.835. The van der Waals surface area contributed by atoms with E-state index in [1.54, 1.807) is 0 Å². The van der Waals surface area contributed by atoms with Crippen LogP contribution < -0.4 is 5.32 Å². The summed E-state index contributed by atoms with van der Waals surface area (Å²) in [7, 11) is 1.99. The minimum absolute atomic E-state index is 0.238. The van der Waals surface area contributed by atoms with Gasteiger partial charge in [-0.05, 0) is 43.0 Å². The van der Waals surface area contributed by atoms with Gasteiger partial charge in [-0.1, -0.05) is 50.6 Å². The van der Waals surface area contributed by atoms with Crippen molar-refractivity contribution in [3.63, 3.8) is 0 Å². The van der Waals surface area contributed by atoms with Crippen LogP contribution in [0.5, 0.6) is 0 Å². The maximum atomic E-state index is 6.28. The smallest absolute Gasteiger partial charge is 0.0441 e. The van der Waals surface area contributed by atoms with Crippen LogP contribution in [0.15, 0.2) is 24.3 Å². The lowest BCUT2D eigenvalue weighted by Gasteiger charge is -2.32. The largest absolute Gasteiger partial charge is 0.320 e. The van der Waals surface area contributed by atoms with E-state index in [2.05, 4.69) is 38.2 Å².